The van der Waals surface area contributed by atoms with E-state index in [4.69, 9.17) is 10.8 Å². The van der Waals surface area contributed by atoms with Crippen molar-refractivity contribution in [1.29, 1.82) is 0 Å². The molecule has 0 radical (unpaired) electrons. The number of carbonyl (C=O) groups is 1. The Labute approximate surface area is 115 Å². The fourth-order valence-corrected chi connectivity index (χ4v) is 2.17. The highest BCUT2D eigenvalue weighted by Gasteiger charge is 2.12. The predicted molar refractivity (Wildman–Crippen MR) is 78.6 cm³/mol. The number of fused-ring (bicyclic) bond motifs is 1. The molecule has 0 fully saturated rings. The Bertz CT molecular complexity index is 798. The molecule has 3 aromatic rings. The zero-order valence-corrected chi connectivity index (χ0v) is 10.6. The topological polar surface area (TPSA) is 76.2 Å². The third-order valence-electron chi connectivity index (χ3n) is 3.20. The van der Waals surface area contributed by atoms with Crippen LogP contribution in [0.25, 0.3) is 22.2 Å². The van der Waals surface area contributed by atoms with E-state index in [-0.39, 0.29) is 11.3 Å². The summed E-state index contributed by atoms with van der Waals surface area (Å²) < 4.78 is 0. The molecule has 0 aliphatic rings. The number of benzene rings is 2. The molecule has 2 aromatic carbocycles. The van der Waals surface area contributed by atoms with E-state index in [1.165, 1.54) is 6.07 Å². The molecule has 3 rings (SSSR count). The van der Waals surface area contributed by atoms with Gasteiger partial charge in [-0.3, -0.25) is 0 Å². The lowest BCUT2D eigenvalue weighted by molar-refractivity contribution is 0.0698. The van der Waals surface area contributed by atoms with Gasteiger partial charge in [-0.2, -0.15) is 0 Å². The number of hydrogen-bond acceptors (Lipinski definition) is 3. The number of rotatable bonds is 2. The van der Waals surface area contributed by atoms with Crippen LogP contribution in [-0.4, -0.2) is 16.1 Å². The molecule has 1 heterocycles. The second-order valence-corrected chi connectivity index (χ2v) is 4.47. The minimum atomic E-state index is -1.05. The average Bonchev–Trinajstić information content (AvgIpc) is 2.48. The van der Waals surface area contributed by atoms with Crippen LogP contribution in [-0.2, 0) is 0 Å². The second kappa shape index (κ2) is 4.66. The molecule has 0 aliphatic carbocycles. The molecule has 20 heavy (non-hydrogen) atoms. The molecule has 0 unspecified atom stereocenters. The van der Waals surface area contributed by atoms with Crippen molar-refractivity contribution in [2.75, 3.05) is 5.73 Å². The fourth-order valence-electron chi connectivity index (χ4n) is 2.17. The van der Waals surface area contributed by atoms with E-state index < -0.39 is 5.97 Å². The van der Waals surface area contributed by atoms with Gasteiger partial charge in [-0.1, -0.05) is 42.5 Å². The van der Waals surface area contributed by atoms with Gasteiger partial charge >= 0.3 is 5.97 Å². The summed E-state index contributed by atoms with van der Waals surface area (Å²) in [6.07, 6.45) is 0. The molecule has 0 saturated heterocycles. The minimum Gasteiger partial charge on any atom is -0.478 e. The zero-order chi connectivity index (χ0) is 14.1. The zero-order valence-electron chi connectivity index (χ0n) is 10.6. The summed E-state index contributed by atoms with van der Waals surface area (Å²) in [6, 6.07) is 16.7. The SMILES string of the molecule is Nc1c(C(=O)O)ccc2ccc(-c3ccccc3)nc12. The molecule has 0 aliphatic heterocycles. The van der Waals surface area contributed by atoms with Gasteiger partial charge in [0.2, 0.25) is 0 Å². The van der Waals surface area contributed by atoms with E-state index in [1.54, 1.807) is 6.07 Å². The van der Waals surface area contributed by atoms with E-state index in [0.29, 0.717) is 5.52 Å². The summed E-state index contributed by atoms with van der Waals surface area (Å²) in [7, 11) is 0. The Morgan fingerprint density at radius 2 is 1.70 bits per heavy atom. The van der Waals surface area contributed by atoms with Crippen LogP contribution in [0.5, 0.6) is 0 Å². The monoisotopic (exact) mass is 264 g/mol. The molecule has 0 atom stereocenters. The minimum absolute atomic E-state index is 0.0789. The number of aromatic nitrogens is 1. The standard InChI is InChI=1S/C16H12N2O2/c17-14-12(16(19)20)8-6-11-7-9-13(18-15(11)14)10-4-2-1-3-5-10/h1-9H,17H2,(H,19,20). The Kier molecular flexibility index (Phi) is 2.84. The van der Waals surface area contributed by atoms with Crippen molar-refractivity contribution in [3.8, 4) is 11.3 Å². The Hall–Kier alpha value is -2.88. The van der Waals surface area contributed by atoms with Gasteiger partial charge in [0, 0.05) is 10.9 Å². The number of pyridine rings is 1. The van der Waals surface area contributed by atoms with Gasteiger partial charge in [0.05, 0.1) is 22.5 Å². The lowest BCUT2D eigenvalue weighted by Gasteiger charge is -2.07. The molecule has 0 saturated carbocycles. The van der Waals surface area contributed by atoms with Crippen LogP contribution in [0.2, 0.25) is 0 Å². The number of anilines is 1. The average molecular weight is 264 g/mol. The number of carboxylic acid groups (broad SMARTS) is 1. The van der Waals surface area contributed by atoms with Gasteiger partial charge in [-0.25, -0.2) is 9.78 Å². The van der Waals surface area contributed by atoms with Gasteiger partial charge in [0.25, 0.3) is 0 Å². The summed E-state index contributed by atoms with van der Waals surface area (Å²) >= 11 is 0. The fraction of sp³-hybridized carbons (Fsp3) is 0. The van der Waals surface area contributed by atoms with Crippen molar-refractivity contribution >= 4 is 22.6 Å². The normalized spacial score (nSPS) is 10.6. The third-order valence-corrected chi connectivity index (χ3v) is 3.20. The summed E-state index contributed by atoms with van der Waals surface area (Å²) in [5.41, 5.74) is 8.46. The summed E-state index contributed by atoms with van der Waals surface area (Å²) in [4.78, 5) is 15.6. The van der Waals surface area contributed by atoms with Crippen molar-refractivity contribution in [1.82, 2.24) is 4.98 Å². The number of nitrogen functional groups attached to an aromatic ring is 1. The highest BCUT2D eigenvalue weighted by atomic mass is 16.4. The molecule has 4 nitrogen and oxygen atoms in total. The smallest absolute Gasteiger partial charge is 0.337 e. The van der Waals surface area contributed by atoms with Crippen LogP contribution >= 0.6 is 0 Å². The van der Waals surface area contributed by atoms with Gasteiger partial charge < -0.3 is 10.8 Å². The van der Waals surface area contributed by atoms with Gasteiger partial charge in [-0.05, 0) is 12.1 Å². The highest BCUT2D eigenvalue weighted by Crippen LogP contribution is 2.26. The van der Waals surface area contributed by atoms with Crippen molar-refractivity contribution in [3.63, 3.8) is 0 Å². The van der Waals surface area contributed by atoms with Gasteiger partial charge in [0.1, 0.15) is 0 Å². The number of aromatic carboxylic acids is 1. The van der Waals surface area contributed by atoms with Gasteiger partial charge in [-0.15, -0.1) is 0 Å². The van der Waals surface area contributed by atoms with Gasteiger partial charge in [0.15, 0.2) is 0 Å². The number of nitrogens with two attached hydrogens (primary N) is 1. The van der Waals surface area contributed by atoms with Crippen LogP contribution in [0, 0.1) is 0 Å². The van der Waals surface area contributed by atoms with E-state index in [9.17, 15) is 4.79 Å². The largest absolute Gasteiger partial charge is 0.478 e. The molecule has 98 valence electrons. The first kappa shape index (κ1) is 12.2. The quantitative estimate of drug-likeness (QED) is 0.697. The number of nitrogens with zero attached hydrogens (tertiary/aromatic N) is 1. The first-order valence-corrected chi connectivity index (χ1v) is 6.15. The molecular weight excluding hydrogens is 252 g/mol. The maximum absolute atomic E-state index is 11.1. The predicted octanol–water partition coefficient (Wildman–Crippen LogP) is 3.18. The molecule has 0 amide bonds. The molecule has 0 bridgehead atoms. The van der Waals surface area contributed by atoms with Crippen LogP contribution < -0.4 is 5.73 Å². The van der Waals surface area contributed by atoms with Crippen molar-refractivity contribution < 1.29 is 9.90 Å². The van der Waals surface area contributed by atoms with E-state index in [0.717, 1.165) is 16.6 Å². The van der Waals surface area contributed by atoms with E-state index in [1.807, 2.05) is 42.5 Å². The highest BCUT2D eigenvalue weighted by molar-refractivity contribution is 6.03. The maximum Gasteiger partial charge on any atom is 0.337 e. The Morgan fingerprint density at radius 1 is 1.00 bits per heavy atom. The van der Waals surface area contributed by atoms with E-state index >= 15 is 0 Å². The van der Waals surface area contributed by atoms with Crippen LogP contribution in [0.1, 0.15) is 10.4 Å². The molecule has 4 heteroatoms. The number of carboxylic acids is 1. The molecular formula is C16H12N2O2. The van der Waals surface area contributed by atoms with Crippen molar-refractivity contribution in [2.24, 2.45) is 0 Å². The summed E-state index contributed by atoms with van der Waals surface area (Å²) in [6.45, 7) is 0. The summed E-state index contributed by atoms with van der Waals surface area (Å²) in [5.74, 6) is -1.05. The van der Waals surface area contributed by atoms with Crippen molar-refractivity contribution in [2.45, 2.75) is 0 Å². The first-order valence-electron chi connectivity index (χ1n) is 6.15. The first-order chi connectivity index (χ1) is 9.66. The van der Waals surface area contributed by atoms with Crippen LogP contribution in [0.4, 0.5) is 5.69 Å². The van der Waals surface area contributed by atoms with Crippen LogP contribution in [0.3, 0.4) is 0 Å². The van der Waals surface area contributed by atoms with Crippen LogP contribution in [0.15, 0.2) is 54.6 Å². The van der Waals surface area contributed by atoms with E-state index in [2.05, 4.69) is 4.98 Å². The lowest BCUT2D eigenvalue weighted by Crippen LogP contribution is -2.03. The van der Waals surface area contributed by atoms with Crippen molar-refractivity contribution in [3.05, 3.63) is 60.2 Å². The Morgan fingerprint density at radius 3 is 2.40 bits per heavy atom. The number of hydrogen-bond donors (Lipinski definition) is 2. The lowest BCUT2D eigenvalue weighted by atomic mass is 10.1. The third kappa shape index (κ3) is 1.97. The maximum atomic E-state index is 11.1. The molecule has 3 N–H and O–H groups in total. The Balaban J connectivity index is 2.24. The second-order valence-electron chi connectivity index (χ2n) is 4.47. The summed E-state index contributed by atoms with van der Waals surface area (Å²) in [5, 5.41) is 9.93. The molecule has 1 aromatic heterocycles. The molecule has 0 spiro atoms.